The Morgan fingerprint density at radius 2 is 1.81 bits per heavy atom. The molecular weight excluding hydrogens is 342 g/mol. The molecule has 0 saturated carbocycles. The van der Waals surface area contributed by atoms with Crippen LogP contribution in [0.25, 0.3) is 0 Å². The third-order valence-electron chi connectivity index (χ3n) is 5.36. The minimum absolute atomic E-state index is 0.0301. The van der Waals surface area contributed by atoms with Crippen molar-refractivity contribution in [3.63, 3.8) is 0 Å². The molecular formula is C21H31N3O3. The largest absolute Gasteiger partial charge is 0.343 e. The number of likely N-dealkylation sites (tertiary alicyclic amines) is 1. The molecule has 1 aromatic carbocycles. The van der Waals surface area contributed by atoms with E-state index in [1.807, 2.05) is 39.0 Å². The smallest absolute Gasteiger partial charge is 0.251 e. The molecule has 1 N–H and O–H groups in total. The van der Waals surface area contributed by atoms with Crippen molar-refractivity contribution >= 4 is 17.7 Å². The maximum Gasteiger partial charge on any atom is 0.251 e. The van der Waals surface area contributed by atoms with E-state index in [-0.39, 0.29) is 23.6 Å². The van der Waals surface area contributed by atoms with Gasteiger partial charge in [-0.1, -0.05) is 17.7 Å². The van der Waals surface area contributed by atoms with Crippen molar-refractivity contribution in [1.82, 2.24) is 15.1 Å². The highest BCUT2D eigenvalue weighted by atomic mass is 16.2. The van der Waals surface area contributed by atoms with Gasteiger partial charge in [-0.05, 0) is 51.7 Å². The quantitative estimate of drug-likeness (QED) is 0.831. The third-order valence-corrected chi connectivity index (χ3v) is 5.36. The van der Waals surface area contributed by atoms with Gasteiger partial charge in [-0.3, -0.25) is 14.4 Å². The van der Waals surface area contributed by atoms with E-state index in [2.05, 4.69) is 5.32 Å². The van der Waals surface area contributed by atoms with Gasteiger partial charge in [0.15, 0.2) is 0 Å². The first kappa shape index (κ1) is 20.9. The molecule has 6 heteroatoms. The zero-order valence-electron chi connectivity index (χ0n) is 16.8. The predicted molar refractivity (Wildman–Crippen MR) is 105 cm³/mol. The lowest BCUT2D eigenvalue weighted by Gasteiger charge is -2.37. The summed E-state index contributed by atoms with van der Waals surface area (Å²) in [6.07, 6.45) is 1.43. The molecule has 1 aliphatic rings. The first-order valence-corrected chi connectivity index (χ1v) is 9.79. The molecule has 0 bridgehead atoms. The molecule has 148 valence electrons. The van der Waals surface area contributed by atoms with Gasteiger partial charge in [0.05, 0.1) is 0 Å². The summed E-state index contributed by atoms with van der Waals surface area (Å²) in [6, 6.07) is 6.81. The van der Waals surface area contributed by atoms with Gasteiger partial charge in [0.1, 0.15) is 6.04 Å². The zero-order chi connectivity index (χ0) is 20.0. The molecule has 1 aromatic rings. The fourth-order valence-electron chi connectivity index (χ4n) is 3.67. The molecule has 0 unspecified atom stereocenters. The Morgan fingerprint density at radius 1 is 1.19 bits per heavy atom. The summed E-state index contributed by atoms with van der Waals surface area (Å²) >= 11 is 0. The molecule has 0 radical (unpaired) electrons. The first-order valence-electron chi connectivity index (χ1n) is 9.79. The summed E-state index contributed by atoms with van der Waals surface area (Å²) < 4.78 is 0. The van der Waals surface area contributed by atoms with Crippen LogP contribution in [0.1, 0.15) is 49.5 Å². The number of carbonyl (C=O) groups is 3. The normalized spacial score (nSPS) is 15.9. The highest BCUT2D eigenvalue weighted by Gasteiger charge is 2.35. The Kier molecular flexibility index (Phi) is 7.39. The number of rotatable bonds is 6. The lowest BCUT2D eigenvalue weighted by atomic mass is 9.88. The van der Waals surface area contributed by atoms with E-state index in [0.717, 1.165) is 5.56 Å². The van der Waals surface area contributed by atoms with E-state index in [4.69, 9.17) is 0 Å². The molecule has 1 atom stereocenters. The topological polar surface area (TPSA) is 69.7 Å². The van der Waals surface area contributed by atoms with E-state index in [0.29, 0.717) is 44.6 Å². The molecule has 1 fully saturated rings. The predicted octanol–water partition coefficient (Wildman–Crippen LogP) is 2.22. The van der Waals surface area contributed by atoms with E-state index >= 15 is 0 Å². The summed E-state index contributed by atoms with van der Waals surface area (Å²) in [6.45, 7) is 9.87. The van der Waals surface area contributed by atoms with Gasteiger partial charge < -0.3 is 15.1 Å². The number of nitrogens with one attached hydrogen (secondary N) is 1. The van der Waals surface area contributed by atoms with E-state index in [9.17, 15) is 14.4 Å². The number of hydrogen-bond donors (Lipinski definition) is 1. The minimum atomic E-state index is -0.563. The lowest BCUT2D eigenvalue weighted by Crippen LogP contribution is -2.54. The summed E-state index contributed by atoms with van der Waals surface area (Å²) in [7, 11) is 0. The number of aryl methyl sites for hydroxylation is 1. The summed E-state index contributed by atoms with van der Waals surface area (Å²) in [5, 5.41) is 2.99. The molecule has 3 amide bonds. The molecule has 27 heavy (non-hydrogen) atoms. The van der Waals surface area contributed by atoms with Crippen molar-refractivity contribution in [2.75, 3.05) is 26.2 Å². The van der Waals surface area contributed by atoms with Crippen LogP contribution >= 0.6 is 0 Å². The van der Waals surface area contributed by atoms with Gasteiger partial charge in [0, 0.05) is 38.7 Å². The van der Waals surface area contributed by atoms with Crippen molar-refractivity contribution < 1.29 is 14.4 Å². The van der Waals surface area contributed by atoms with Gasteiger partial charge in [-0.2, -0.15) is 0 Å². The number of piperidine rings is 1. The monoisotopic (exact) mass is 373 g/mol. The van der Waals surface area contributed by atoms with Crippen LogP contribution in [0.3, 0.4) is 0 Å². The van der Waals surface area contributed by atoms with Crippen LogP contribution in [0.4, 0.5) is 0 Å². The molecule has 1 saturated heterocycles. The first-order chi connectivity index (χ1) is 12.9. The minimum Gasteiger partial charge on any atom is -0.343 e. The average Bonchev–Trinajstić information content (AvgIpc) is 2.66. The van der Waals surface area contributed by atoms with Crippen LogP contribution < -0.4 is 5.32 Å². The fraction of sp³-hybridized carbons (Fsp3) is 0.571. The van der Waals surface area contributed by atoms with Crippen molar-refractivity contribution in [2.24, 2.45) is 5.92 Å². The average molecular weight is 373 g/mol. The number of benzene rings is 1. The fourth-order valence-corrected chi connectivity index (χ4v) is 3.67. The molecule has 0 spiro atoms. The second kappa shape index (κ2) is 9.53. The van der Waals surface area contributed by atoms with Crippen molar-refractivity contribution in [2.45, 2.75) is 46.6 Å². The van der Waals surface area contributed by atoms with E-state index in [1.54, 1.807) is 22.8 Å². The SMILES string of the molecule is CCN(CC)C(=O)[C@H](NC(=O)c1cccc(C)c1)C1CCN(C(C)=O)CC1. The van der Waals surface area contributed by atoms with E-state index < -0.39 is 6.04 Å². The number of nitrogens with zero attached hydrogens (tertiary/aromatic N) is 2. The van der Waals surface area contributed by atoms with Crippen molar-refractivity contribution in [3.8, 4) is 0 Å². The van der Waals surface area contributed by atoms with E-state index in [1.165, 1.54) is 0 Å². The molecule has 0 aromatic heterocycles. The van der Waals surface area contributed by atoms with Gasteiger partial charge in [-0.15, -0.1) is 0 Å². The summed E-state index contributed by atoms with van der Waals surface area (Å²) in [5.41, 5.74) is 1.57. The molecule has 0 aliphatic carbocycles. The number of hydrogen-bond acceptors (Lipinski definition) is 3. The van der Waals surface area contributed by atoms with Crippen LogP contribution in [0.15, 0.2) is 24.3 Å². The van der Waals surface area contributed by atoms with Crippen molar-refractivity contribution in [3.05, 3.63) is 35.4 Å². The standard InChI is InChI=1S/C21H31N3O3/c1-5-23(6-2)21(27)19(17-10-12-24(13-11-17)16(4)25)22-20(26)18-9-7-8-15(3)14-18/h7-9,14,17,19H,5-6,10-13H2,1-4H3,(H,22,26)/t19-/m1/s1. The van der Waals surface area contributed by atoms with Crippen LogP contribution in [0.2, 0.25) is 0 Å². The van der Waals surface area contributed by atoms with Crippen LogP contribution in [-0.2, 0) is 9.59 Å². The Morgan fingerprint density at radius 3 is 2.33 bits per heavy atom. The van der Waals surface area contributed by atoms with Gasteiger partial charge >= 0.3 is 0 Å². The van der Waals surface area contributed by atoms with Crippen LogP contribution in [0, 0.1) is 12.8 Å². The Labute approximate surface area is 161 Å². The third kappa shape index (κ3) is 5.31. The second-order valence-corrected chi connectivity index (χ2v) is 7.17. The Bertz CT molecular complexity index is 677. The molecule has 1 heterocycles. The van der Waals surface area contributed by atoms with Gasteiger partial charge in [0.2, 0.25) is 11.8 Å². The Hall–Kier alpha value is -2.37. The Balaban J connectivity index is 2.18. The lowest BCUT2D eigenvalue weighted by molar-refractivity contribution is -0.135. The highest BCUT2D eigenvalue weighted by Crippen LogP contribution is 2.23. The summed E-state index contributed by atoms with van der Waals surface area (Å²) in [5.74, 6) is -0.174. The van der Waals surface area contributed by atoms with Crippen molar-refractivity contribution in [1.29, 1.82) is 0 Å². The second-order valence-electron chi connectivity index (χ2n) is 7.17. The number of likely N-dealkylation sites (N-methyl/N-ethyl adjacent to an activating group) is 1. The molecule has 6 nitrogen and oxygen atoms in total. The number of carbonyl (C=O) groups excluding carboxylic acids is 3. The maximum atomic E-state index is 13.1. The van der Waals surface area contributed by atoms with Gasteiger partial charge in [0.25, 0.3) is 5.91 Å². The van der Waals surface area contributed by atoms with Crippen LogP contribution in [0.5, 0.6) is 0 Å². The van der Waals surface area contributed by atoms with Gasteiger partial charge in [-0.25, -0.2) is 0 Å². The summed E-state index contributed by atoms with van der Waals surface area (Å²) in [4.78, 5) is 41.0. The molecule has 2 rings (SSSR count). The van der Waals surface area contributed by atoms with Crippen LogP contribution in [-0.4, -0.2) is 59.7 Å². The highest BCUT2D eigenvalue weighted by molar-refractivity contribution is 5.97. The number of amides is 3. The maximum absolute atomic E-state index is 13.1. The zero-order valence-corrected chi connectivity index (χ0v) is 16.8. The molecule has 1 aliphatic heterocycles.